The monoisotopic (exact) mass is 947 g/mol. The molecule has 6 atom stereocenters. The highest BCUT2D eigenvalue weighted by atomic mass is 79.9. The standard InChI is InChI=1S/C49H40BrCl2N3O8/c1-61-32-14-8-28(9-15-32)49-38(46(58)55(48(49)60)53-40-19-11-30(51)24-39(40)52)25-36-34(44(49)37-23-29(50)10-20-41(37)56)17-18-35-43(36)47(59)54(45(35)57)31-12-5-26(6-13-31)4-7-27-22-33(62-2)16-21-42(27)63-3/h4-17,19-24,35-36,38,43-44,53,56H,18,25H2,1-3H3. The Morgan fingerprint density at radius 2 is 1.51 bits per heavy atom. The first kappa shape index (κ1) is 42.2. The Hall–Kier alpha value is -6.08. The Balaban J connectivity index is 1.13. The number of rotatable bonds is 10. The second-order valence-corrected chi connectivity index (χ2v) is 17.7. The first-order chi connectivity index (χ1) is 30.4. The lowest BCUT2D eigenvalue weighted by Crippen LogP contribution is -2.53. The number of hydrogen-bond donors (Lipinski definition) is 2. The van der Waals surface area contributed by atoms with E-state index in [-0.39, 0.29) is 41.1 Å². The molecule has 63 heavy (non-hydrogen) atoms. The van der Waals surface area contributed by atoms with Gasteiger partial charge >= 0.3 is 0 Å². The number of ether oxygens (including phenoxy) is 3. The number of hydrazine groups is 1. The summed E-state index contributed by atoms with van der Waals surface area (Å²) in [4.78, 5) is 61.2. The lowest BCUT2D eigenvalue weighted by atomic mass is 9.49. The van der Waals surface area contributed by atoms with Crippen LogP contribution in [-0.4, -0.2) is 55.1 Å². The zero-order valence-corrected chi connectivity index (χ0v) is 37.3. The van der Waals surface area contributed by atoms with Crippen molar-refractivity contribution in [2.24, 2.45) is 23.7 Å². The van der Waals surface area contributed by atoms with Gasteiger partial charge in [0.2, 0.25) is 11.8 Å². The maximum atomic E-state index is 15.5. The maximum Gasteiger partial charge on any atom is 0.260 e. The molecule has 9 rings (SSSR count). The zero-order chi connectivity index (χ0) is 44.3. The summed E-state index contributed by atoms with van der Waals surface area (Å²) < 4.78 is 17.0. The van der Waals surface area contributed by atoms with Gasteiger partial charge in [-0.1, -0.05) is 87.2 Å². The average molecular weight is 950 g/mol. The van der Waals surface area contributed by atoms with Crippen LogP contribution < -0.4 is 24.5 Å². The van der Waals surface area contributed by atoms with E-state index >= 15 is 9.59 Å². The molecule has 0 bridgehead atoms. The largest absolute Gasteiger partial charge is 0.508 e. The van der Waals surface area contributed by atoms with E-state index in [0.717, 1.165) is 16.1 Å². The van der Waals surface area contributed by atoms with Gasteiger partial charge in [0.15, 0.2) is 0 Å². The number of fused-ring (bicyclic) bond motifs is 4. The van der Waals surface area contributed by atoms with Crippen molar-refractivity contribution in [3.8, 4) is 23.0 Å². The molecule has 2 aliphatic heterocycles. The molecule has 4 aliphatic rings. The summed E-state index contributed by atoms with van der Waals surface area (Å²) in [6.45, 7) is 0. The topological polar surface area (TPSA) is 135 Å². The fourth-order valence-corrected chi connectivity index (χ4v) is 10.9. The third-order valence-corrected chi connectivity index (χ3v) is 14.0. The first-order valence-electron chi connectivity index (χ1n) is 20.2. The summed E-state index contributed by atoms with van der Waals surface area (Å²) in [6.07, 6.45) is 6.01. The molecule has 1 saturated carbocycles. The van der Waals surface area contributed by atoms with Crippen LogP contribution in [0.3, 0.4) is 0 Å². The van der Waals surface area contributed by atoms with Gasteiger partial charge in [-0.2, -0.15) is 5.01 Å². The van der Waals surface area contributed by atoms with Crippen molar-refractivity contribution in [3.63, 3.8) is 0 Å². The van der Waals surface area contributed by atoms with E-state index in [1.54, 1.807) is 74.9 Å². The highest BCUT2D eigenvalue weighted by Crippen LogP contribution is 2.65. The predicted octanol–water partition coefficient (Wildman–Crippen LogP) is 9.85. The third-order valence-electron chi connectivity index (χ3n) is 12.9. The Kier molecular flexibility index (Phi) is 11.1. The molecular weight excluding hydrogens is 909 g/mol. The van der Waals surface area contributed by atoms with Crippen LogP contribution in [0.2, 0.25) is 10.0 Å². The van der Waals surface area contributed by atoms with Gasteiger partial charge < -0.3 is 19.3 Å². The van der Waals surface area contributed by atoms with Gasteiger partial charge in [-0.25, -0.2) is 0 Å². The van der Waals surface area contributed by atoms with E-state index in [0.29, 0.717) is 49.1 Å². The van der Waals surface area contributed by atoms with Gasteiger partial charge in [0.1, 0.15) is 23.0 Å². The number of phenolic OH excluding ortho intramolecular Hbond substituents is 1. The number of methoxy groups -OCH3 is 3. The van der Waals surface area contributed by atoms with Crippen molar-refractivity contribution in [2.75, 3.05) is 31.7 Å². The maximum absolute atomic E-state index is 15.5. The van der Waals surface area contributed by atoms with E-state index in [1.165, 1.54) is 24.1 Å². The van der Waals surface area contributed by atoms with Crippen molar-refractivity contribution in [1.82, 2.24) is 5.01 Å². The smallest absolute Gasteiger partial charge is 0.260 e. The van der Waals surface area contributed by atoms with Gasteiger partial charge in [-0.3, -0.25) is 29.5 Å². The molecule has 3 fully saturated rings. The van der Waals surface area contributed by atoms with Gasteiger partial charge in [-0.05, 0) is 109 Å². The number of carbonyl (C=O) groups is 4. The summed E-state index contributed by atoms with van der Waals surface area (Å²) in [6, 6.07) is 29.3. The lowest BCUT2D eigenvalue weighted by molar-refractivity contribution is -0.138. The molecule has 320 valence electrons. The number of phenols is 1. The number of allylic oxidation sites excluding steroid dienone is 2. The molecule has 2 aliphatic carbocycles. The first-order valence-corrected chi connectivity index (χ1v) is 21.7. The molecule has 2 heterocycles. The minimum absolute atomic E-state index is 0.0612. The average Bonchev–Trinajstić information content (AvgIpc) is 3.67. The fraction of sp³-hybridized carbons (Fsp3) is 0.224. The number of nitrogens with one attached hydrogen (secondary N) is 1. The van der Waals surface area contributed by atoms with Gasteiger partial charge in [0.25, 0.3) is 11.8 Å². The van der Waals surface area contributed by atoms with Crippen molar-refractivity contribution in [1.29, 1.82) is 0 Å². The SMILES string of the molecule is COc1ccc(C23C(=O)N(Nc4ccc(Cl)cc4Cl)C(=O)C2CC2C(=CCC4C(=O)N(c5ccc(C=Cc6cc(OC)ccc6OC)cc5)C(=O)C42)C3c2cc(Br)ccc2O)cc1. The highest BCUT2D eigenvalue weighted by Gasteiger charge is 2.70. The van der Waals surface area contributed by atoms with Crippen LogP contribution in [0, 0.1) is 23.7 Å². The van der Waals surface area contributed by atoms with Crippen molar-refractivity contribution < 1.29 is 38.5 Å². The predicted molar refractivity (Wildman–Crippen MR) is 244 cm³/mol. The third kappa shape index (κ3) is 6.95. The normalized spacial score (nSPS) is 24.0. The van der Waals surface area contributed by atoms with Crippen LogP contribution in [0.5, 0.6) is 23.0 Å². The van der Waals surface area contributed by atoms with Crippen LogP contribution in [0.4, 0.5) is 11.4 Å². The molecule has 0 radical (unpaired) electrons. The zero-order valence-electron chi connectivity index (χ0n) is 34.2. The van der Waals surface area contributed by atoms with E-state index in [9.17, 15) is 14.7 Å². The Bertz CT molecular complexity index is 2760. The van der Waals surface area contributed by atoms with Crippen molar-refractivity contribution >= 4 is 86.3 Å². The number of carbonyl (C=O) groups excluding carboxylic acids is 4. The number of aromatic hydroxyl groups is 1. The summed E-state index contributed by atoms with van der Waals surface area (Å²) >= 11 is 16.4. The molecule has 14 heteroatoms. The Morgan fingerprint density at radius 1 is 0.778 bits per heavy atom. The summed E-state index contributed by atoms with van der Waals surface area (Å²) in [7, 11) is 4.73. The van der Waals surface area contributed by atoms with E-state index in [1.807, 2.05) is 48.6 Å². The Labute approximate surface area is 381 Å². The molecule has 2 N–H and O–H groups in total. The molecular formula is C49H40BrCl2N3O8. The number of benzene rings is 5. The van der Waals surface area contributed by atoms with Gasteiger partial charge in [0.05, 0.1) is 60.9 Å². The lowest BCUT2D eigenvalue weighted by Gasteiger charge is -2.50. The summed E-state index contributed by atoms with van der Waals surface area (Å²) in [5.74, 6) is -4.29. The van der Waals surface area contributed by atoms with E-state index in [2.05, 4.69) is 21.4 Å². The van der Waals surface area contributed by atoms with Crippen LogP contribution in [0.15, 0.2) is 119 Å². The number of amides is 4. The fourth-order valence-electron chi connectivity index (χ4n) is 10.1. The van der Waals surface area contributed by atoms with Crippen molar-refractivity contribution in [3.05, 3.63) is 152 Å². The number of anilines is 2. The Morgan fingerprint density at radius 3 is 2.21 bits per heavy atom. The van der Waals surface area contributed by atoms with Gasteiger partial charge in [0, 0.05) is 26.5 Å². The molecule has 11 nitrogen and oxygen atoms in total. The van der Waals surface area contributed by atoms with E-state index < -0.39 is 46.8 Å². The van der Waals surface area contributed by atoms with Crippen LogP contribution in [-0.2, 0) is 24.6 Å². The van der Waals surface area contributed by atoms with Crippen LogP contribution >= 0.6 is 39.1 Å². The second kappa shape index (κ2) is 16.6. The molecule has 6 unspecified atom stereocenters. The van der Waals surface area contributed by atoms with E-state index in [4.69, 9.17) is 37.4 Å². The molecule has 0 aromatic heterocycles. The number of nitrogens with zero attached hydrogens (tertiary/aromatic N) is 2. The van der Waals surface area contributed by atoms with Crippen molar-refractivity contribution in [2.45, 2.75) is 24.2 Å². The number of halogens is 3. The second-order valence-electron chi connectivity index (χ2n) is 16.0. The highest BCUT2D eigenvalue weighted by molar-refractivity contribution is 9.10. The summed E-state index contributed by atoms with van der Waals surface area (Å²) in [5.41, 5.74) is 5.29. The molecule has 2 saturated heterocycles. The molecule has 0 spiro atoms. The number of hydrogen-bond acceptors (Lipinski definition) is 9. The number of imide groups is 2. The molecule has 5 aromatic carbocycles. The molecule has 5 aromatic rings. The minimum Gasteiger partial charge on any atom is -0.508 e. The van der Waals surface area contributed by atoms with Crippen LogP contribution in [0.25, 0.3) is 12.2 Å². The minimum atomic E-state index is -1.63. The van der Waals surface area contributed by atoms with Gasteiger partial charge in [-0.15, -0.1) is 0 Å². The van der Waals surface area contributed by atoms with Crippen LogP contribution in [0.1, 0.15) is 41.0 Å². The molecule has 4 amide bonds. The summed E-state index contributed by atoms with van der Waals surface area (Å²) in [5, 5.41) is 13.3. The quantitative estimate of drug-likeness (QED) is 0.0797.